The molecular formula is C16H22N4. The summed E-state index contributed by atoms with van der Waals surface area (Å²) in [5.41, 5.74) is 4.20. The Kier molecular flexibility index (Phi) is 3.83. The molecule has 3 rings (SSSR count). The largest absolute Gasteiger partial charge is 0.317 e. The number of hydrogen-bond donors (Lipinski definition) is 1. The molecule has 0 spiro atoms. The molecule has 20 heavy (non-hydrogen) atoms. The summed E-state index contributed by atoms with van der Waals surface area (Å²) < 4.78 is 2.10. The van der Waals surface area contributed by atoms with Gasteiger partial charge in [-0.05, 0) is 37.9 Å². The zero-order chi connectivity index (χ0) is 13.9. The van der Waals surface area contributed by atoms with Crippen LogP contribution in [-0.4, -0.2) is 27.5 Å². The minimum atomic E-state index is 0.574. The molecule has 4 heteroatoms. The van der Waals surface area contributed by atoms with Crippen LogP contribution in [0.1, 0.15) is 49.9 Å². The molecule has 1 aliphatic heterocycles. The predicted octanol–water partition coefficient (Wildman–Crippen LogP) is 3.01. The third kappa shape index (κ3) is 2.61. The molecule has 0 aromatic carbocycles. The van der Waals surface area contributed by atoms with Crippen molar-refractivity contribution in [3.05, 3.63) is 36.6 Å². The lowest BCUT2D eigenvalue weighted by Gasteiger charge is -2.21. The fraction of sp³-hybridized carbons (Fsp3) is 0.500. The lowest BCUT2D eigenvalue weighted by molar-refractivity contribution is 0.452. The summed E-state index contributed by atoms with van der Waals surface area (Å²) in [7, 11) is 0. The Morgan fingerprint density at radius 2 is 2.20 bits per heavy atom. The van der Waals surface area contributed by atoms with E-state index in [-0.39, 0.29) is 0 Å². The van der Waals surface area contributed by atoms with E-state index >= 15 is 0 Å². The van der Waals surface area contributed by atoms with E-state index in [9.17, 15) is 0 Å². The first kappa shape index (κ1) is 13.3. The fourth-order valence-corrected chi connectivity index (χ4v) is 2.84. The summed E-state index contributed by atoms with van der Waals surface area (Å²) in [6.07, 6.45) is 10.6. The molecule has 0 aliphatic carbocycles. The van der Waals surface area contributed by atoms with Gasteiger partial charge < -0.3 is 9.72 Å². The van der Waals surface area contributed by atoms with E-state index in [1.165, 1.54) is 18.5 Å². The molecule has 2 aromatic rings. The van der Waals surface area contributed by atoms with E-state index in [2.05, 4.69) is 45.6 Å². The van der Waals surface area contributed by atoms with Gasteiger partial charge in [0.15, 0.2) is 5.65 Å². The van der Waals surface area contributed by atoms with E-state index in [1.54, 1.807) is 0 Å². The molecule has 0 bridgehead atoms. The number of piperidine rings is 1. The van der Waals surface area contributed by atoms with Crippen LogP contribution in [0.25, 0.3) is 11.2 Å². The third-order valence-corrected chi connectivity index (χ3v) is 4.03. The van der Waals surface area contributed by atoms with Crippen molar-refractivity contribution in [1.82, 2.24) is 19.7 Å². The average molecular weight is 270 g/mol. The maximum absolute atomic E-state index is 4.61. The standard InChI is InChI=1S/C16H22N4/c1-3-4-12(2)14-10-20-11-15(18-9-16(20)19-14)13-5-7-17-8-6-13/h9-11,13,17H,2-8H2,1H3. The van der Waals surface area contributed by atoms with Crippen LogP contribution in [0.2, 0.25) is 0 Å². The maximum atomic E-state index is 4.61. The van der Waals surface area contributed by atoms with Gasteiger partial charge in [0.05, 0.1) is 17.6 Å². The van der Waals surface area contributed by atoms with E-state index in [0.717, 1.165) is 42.8 Å². The smallest absolute Gasteiger partial charge is 0.155 e. The van der Waals surface area contributed by atoms with E-state index in [0.29, 0.717) is 5.92 Å². The van der Waals surface area contributed by atoms with Gasteiger partial charge in [-0.2, -0.15) is 0 Å². The lowest BCUT2D eigenvalue weighted by atomic mass is 9.95. The Morgan fingerprint density at radius 1 is 1.40 bits per heavy atom. The van der Waals surface area contributed by atoms with Gasteiger partial charge in [0.1, 0.15) is 0 Å². The molecular weight excluding hydrogens is 248 g/mol. The molecule has 1 N–H and O–H groups in total. The highest BCUT2D eigenvalue weighted by Crippen LogP contribution is 2.24. The summed E-state index contributed by atoms with van der Waals surface area (Å²) in [6, 6.07) is 0. The maximum Gasteiger partial charge on any atom is 0.155 e. The van der Waals surface area contributed by atoms with Crippen LogP contribution in [-0.2, 0) is 0 Å². The number of aromatic nitrogens is 3. The van der Waals surface area contributed by atoms with Crippen molar-refractivity contribution in [2.24, 2.45) is 0 Å². The second-order valence-electron chi connectivity index (χ2n) is 5.58. The van der Waals surface area contributed by atoms with Gasteiger partial charge in [0.2, 0.25) is 0 Å². The topological polar surface area (TPSA) is 42.2 Å². The number of imidazole rings is 1. The van der Waals surface area contributed by atoms with Crippen LogP contribution in [0, 0.1) is 0 Å². The lowest BCUT2D eigenvalue weighted by Crippen LogP contribution is -2.27. The van der Waals surface area contributed by atoms with Gasteiger partial charge in [-0.1, -0.05) is 19.9 Å². The predicted molar refractivity (Wildman–Crippen MR) is 81.8 cm³/mol. The molecule has 3 heterocycles. The van der Waals surface area contributed by atoms with Gasteiger partial charge in [-0.15, -0.1) is 0 Å². The van der Waals surface area contributed by atoms with Crippen molar-refractivity contribution in [1.29, 1.82) is 0 Å². The number of rotatable bonds is 4. The highest BCUT2D eigenvalue weighted by molar-refractivity contribution is 5.62. The normalized spacial score (nSPS) is 16.6. The SMILES string of the molecule is C=C(CCC)c1cn2cc(C3CCNCC3)ncc2n1. The van der Waals surface area contributed by atoms with Crippen LogP contribution in [0.5, 0.6) is 0 Å². The van der Waals surface area contributed by atoms with Gasteiger partial charge in [-0.25, -0.2) is 4.98 Å². The second kappa shape index (κ2) is 5.75. The molecule has 1 aliphatic rings. The molecule has 0 atom stereocenters. The van der Waals surface area contributed by atoms with Crippen LogP contribution >= 0.6 is 0 Å². The highest BCUT2D eigenvalue weighted by Gasteiger charge is 2.17. The molecule has 1 fully saturated rings. The summed E-state index contributed by atoms with van der Waals surface area (Å²) in [6.45, 7) is 8.46. The number of fused-ring (bicyclic) bond motifs is 1. The van der Waals surface area contributed by atoms with Crippen molar-refractivity contribution < 1.29 is 0 Å². The highest BCUT2D eigenvalue weighted by atomic mass is 15.0. The van der Waals surface area contributed by atoms with E-state index < -0.39 is 0 Å². The molecule has 0 unspecified atom stereocenters. The molecule has 0 saturated carbocycles. The summed E-state index contributed by atoms with van der Waals surface area (Å²) in [4.78, 5) is 9.21. The van der Waals surface area contributed by atoms with Crippen LogP contribution in [0.3, 0.4) is 0 Å². The number of nitrogens with one attached hydrogen (secondary N) is 1. The molecule has 106 valence electrons. The third-order valence-electron chi connectivity index (χ3n) is 4.03. The summed E-state index contributed by atoms with van der Waals surface area (Å²) in [5, 5.41) is 3.40. The Balaban J connectivity index is 1.88. The van der Waals surface area contributed by atoms with Crippen LogP contribution < -0.4 is 5.32 Å². The number of allylic oxidation sites excluding steroid dienone is 1. The van der Waals surface area contributed by atoms with Crippen molar-refractivity contribution in [3.8, 4) is 0 Å². The fourth-order valence-electron chi connectivity index (χ4n) is 2.84. The van der Waals surface area contributed by atoms with Crippen molar-refractivity contribution in [2.75, 3.05) is 13.1 Å². The first-order valence-electron chi connectivity index (χ1n) is 7.51. The summed E-state index contributed by atoms with van der Waals surface area (Å²) in [5.74, 6) is 0.574. The molecule has 1 saturated heterocycles. The van der Waals surface area contributed by atoms with E-state index in [4.69, 9.17) is 0 Å². The van der Waals surface area contributed by atoms with Crippen LogP contribution in [0.15, 0.2) is 25.2 Å². The average Bonchev–Trinajstić information content (AvgIpc) is 2.91. The zero-order valence-corrected chi connectivity index (χ0v) is 12.1. The second-order valence-corrected chi connectivity index (χ2v) is 5.58. The van der Waals surface area contributed by atoms with Gasteiger partial charge in [-0.3, -0.25) is 4.98 Å². The van der Waals surface area contributed by atoms with Crippen LogP contribution in [0.4, 0.5) is 0 Å². The zero-order valence-electron chi connectivity index (χ0n) is 12.1. The first-order chi connectivity index (χ1) is 9.78. The van der Waals surface area contributed by atoms with Crippen molar-refractivity contribution in [3.63, 3.8) is 0 Å². The van der Waals surface area contributed by atoms with Gasteiger partial charge in [0.25, 0.3) is 0 Å². The summed E-state index contributed by atoms with van der Waals surface area (Å²) >= 11 is 0. The Bertz CT molecular complexity index is 608. The molecule has 2 aromatic heterocycles. The minimum Gasteiger partial charge on any atom is -0.317 e. The first-order valence-corrected chi connectivity index (χ1v) is 7.51. The van der Waals surface area contributed by atoms with E-state index in [1.807, 2.05) is 6.20 Å². The molecule has 4 nitrogen and oxygen atoms in total. The minimum absolute atomic E-state index is 0.574. The molecule has 0 radical (unpaired) electrons. The number of hydrogen-bond acceptors (Lipinski definition) is 3. The monoisotopic (exact) mass is 270 g/mol. The van der Waals surface area contributed by atoms with Gasteiger partial charge in [0, 0.05) is 18.3 Å². The Morgan fingerprint density at radius 3 is 2.95 bits per heavy atom. The van der Waals surface area contributed by atoms with Crippen molar-refractivity contribution >= 4 is 11.2 Å². The molecule has 0 amide bonds. The number of nitrogens with zero attached hydrogens (tertiary/aromatic N) is 3. The Hall–Kier alpha value is -1.68. The quantitative estimate of drug-likeness (QED) is 0.928. The van der Waals surface area contributed by atoms with Crippen molar-refractivity contribution in [2.45, 2.75) is 38.5 Å². The Labute approximate surface area is 119 Å². The van der Waals surface area contributed by atoms with Gasteiger partial charge >= 0.3 is 0 Å².